The minimum Gasteiger partial charge on any atom is -0.273 e. The molecule has 0 saturated heterocycles. The van der Waals surface area contributed by atoms with Crippen LogP contribution in [0.3, 0.4) is 0 Å². The molecule has 1 atom stereocenters. The first kappa shape index (κ1) is 14.2. The predicted molar refractivity (Wildman–Crippen MR) is 81.6 cm³/mol. The normalized spacial score (nSPS) is 19.4. The first-order valence-corrected chi connectivity index (χ1v) is 7.58. The van der Waals surface area contributed by atoms with Crippen LogP contribution in [-0.2, 0) is 4.79 Å². The van der Waals surface area contributed by atoms with Crippen LogP contribution in [0.1, 0.15) is 18.9 Å². The Labute approximate surface area is 122 Å². The van der Waals surface area contributed by atoms with Crippen LogP contribution in [-0.4, -0.2) is 17.9 Å². The number of nitrogens with one attached hydrogen (secondary N) is 1. The molecule has 0 aromatic heterocycles. The highest BCUT2D eigenvalue weighted by Crippen LogP contribution is 2.24. The first-order valence-electron chi connectivity index (χ1n) is 5.98. The summed E-state index contributed by atoms with van der Waals surface area (Å²) in [6.45, 7) is 1.99. The average molecular weight is 295 g/mol. The fourth-order valence-corrected chi connectivity index (χ4v) is 2.56. The highest BCUT2D eigenvalue weighted by Gasteiger charge is 2.17. The number of carbonyl (C=O) groups is 1. The Bertz CT molecular complexity index is 554. The molecule has 1 N–H and O–H groups in total. The Morgan fingerprint density at radius 3 is 2.89 bits per heavy atom. The van der Waals surface area contributed by atoms with Gasteiger partial charge < -0.3 is 0 Å². The van der Waals surface area contributed by atoms with Crippen molar-refractivity contribution in [2.24, 2.45) is 11.0 Å². The van der Waals surface area contributed by atoms with Crippen molar-refractivity contribution < 1.29 is 4.79 Å². The van der Waals surface area contributed by atoms with Crippen molar-refractivity contribution in [2.45, 2.75) is 18.2 Å². The van der Waals surface area contributed by atoms with E-state index in [0.29, 0.717) is 6.42 Å². The number of halogens is 1. The van der Waals surface area contributed by atoms with Gasteiger partial charge in [-0.15, -0.1) is 11.8 Å². The first-order chi connectivity index (χ1) is 9.10. The van der Waals surface area contributed by atoms with Gasteiger partial charge in [-0.25, -0.2) is 5.43 Å². The van der Waals surface area contributed by atoms with Crippen LogP contribution in [0.5, 0.6) is 0 Å². The second-order valence-electron chi connectivity index (χ2n) is 4.40. The topological polar surface area (TPSA) is 41.5 Å². The van der Waals surface area contributed by atoms with E-state index < -0.39 is 0 Å². The summed E-state index contributed by atoms with van der Waals surface area (Å²) in [6.07, 6.45) is 6.33. The average Bonchev–Trinajstić information content (AvgIpc) is 2.39. The lowest BCUT2D eigenvalue weighted by molar-refractivity contribution is -0.121. The molecule has 5 heteroatoms. The van der Waals surface area contributed by atoms with E-state index in [4.69, 9.17) is 11.6 Å². The van der Waals surface area contributed by atoms with Crippen molar-refractivity contribution in [1.29, 1.82) is 0 Å². The Morgan fingerprint density at radius 1 is 1.47 bits per heavy atom. The molecule has 1 amide bonds. The standard InChI is InChI=1S/C14H15ClN2OS/c1-9-7-14(18)17-16-13(9)6-4-10-3-5-11(19-2)8-12(10)15/h3-6,8-9H,7H2,1-2H3,(H,17,18). The number of thioether (sulfide) groups is 1. The zero-order chi connectivity index (χ0) is 13.8. The summed E-state index contributed by atoms with van der Waals surface area (Å²) in [4.78, 5) is 12.3. The molecule has 19 heavy (non-hydrogen) atoms. The maximum absolute atomic E-state index is 11.2. The Kier molecular flexibility index (Phi) is 4.66. The summed E-state index contributed by atoms with van der Waals surface area (Å²) >= 11 is 7.87. The summed E-state index contributed by atoms with van der Waals surface area (Å²) in [6, 6.07) is 5.96. The van der Waals surface area contributed by atoms with Crippen LogP contribution >= 0.6 is 23.4 Å². The van der Waals surface area contributed by atoms with Gasteiger partial charge in [-0.3, -0.25) is 4.79 Å². The van der Waals surface area contributed by atoms with Crippen LogP contribution in [0.25, 0.3) is 6.08 Å². The van der Waals surface area contributed by atoms with Gasteiger partial charge in [-0.05, 0) is 30.0 Å². The molecule has 0 radical (unpaired) electrons. The summed E-state index contributed by atoms with van der Waals surface area (Å²) in [5.74, 6) is 0.0984. The molecule has 1 aromatic rings. The van der Waals surface area contributed by atoms with Gasteiger partial charge in [0.05, 0.1) is 5.71 Å². The van der Waals surface area contributed by atoms with Gasteiger partial charge in [0.2, 0.25) is 5.91 Å². The summed E-state index contributed by atoms with van der Waals surface area (Å²) in [5, 5.41) is 4.77. The van der Waals surface area contributed by atoms with Gasteiger partial charge in [0.15, 0.2) is 0 Å². The van der Waals surface area contributed by atoms with Gasteiger partial charge >= 0.3 is 0 Å². The largest absolute Gasteiger partial charge is 0.273 e. The summed E-state index contributed by atoms with van der Waals surface area (Å²) in [5.41, 5.74) is 4.31. The van der Waals surface area contributed by atoms with E-state index in [1.807, 2.05) is 43.5 Å². The monoisotopic (exact) mass is 294 g/mol. The van der Waals surface area contributed by atoms with E-state index in [1.54, 1.807) is 11.8 Å². The molecule has 0 spiro atoms. The van der Waals surface area contributed by atoms with Gasteiger partial charge in [-0.1, -0.05) is 30.7 Å². The summed E-state index contributed by atoms with van der Waals surface area (Å²) < 4.78 is 0. The molecule has 100 valence electrons. The van der Waals surface area contributed by atoms with Crippen molar-refractivity contribution >= 4 is 41.1 Å². The molecule has 0 fully saturated rings. The van der Waals surface area contributed by atoms with Crippen molar-refractivity contribution in [2.75, 3.05) is 6.26 Å². The van der Waals surface area contributed by atoms with Crippen molar-refractivity contribution in [3.63, 3.8) is 0 Å². The van der Waals surface area contributed by atoms with E-state index in [2.05, 4.69) is 10.5 Å². The number of rotatable bonds is 3. The number of hydrogen-bond donors (Lipinski definition) is 1. The maximum atomic E-state index is 11.2. The van der Waals surface area contributed by atoms with E-state index in [0.717, 1.165) is 21.2 Å². The molecule has 1 aliphatic heterocycles. The fourth-order valence-electron chi connectivity index (χ4n) is 1.81. The lowest BCUT2D eigenvalue weighted by Crippen LogP contribution is -2.30. The van der Waals surface area contributed by atoms with Crippen molar-refractivity contribution in [3.05, 3.63) is 34.9 Å². The lowest BCUT2D eigenvalue weighted by atomic mass is 9.99. The number of carbonyl (C=O) groups excluding carboxylic acids is 1. The smallest absolute Gasteiger partial charge is 0.240 e. The highest BCUT2D eigenvalue weighted by atomic mass is 35.5. The van der Waals surface area contributed by atoms with E-state index in [9.17, 15) is 4.79 Å². The number of amides is 1. The third kappa shape index (κ3) is 3.61. The zero-order valence-electron chi connectivity index (χ0n) is 10.8. The van der Waals surface area contributed by atoms with Gasteiger partial charge in [0.25, 0.3) is 0 Å². The number of hydrogen-bond acceptors (Lipinski definition) is 3. The van der Waals surface area contributed by atoms with Crippen LogP contribution in [0.2, 0.25) is 5.02 Å². The number of hydrazone groups is 1. The molecular formula is C14H15ClN2OS. The van der Waals surface area contributed by atoms with Crippen LogP contribution in [0.4, 0.5) is 0 Å². The fraction of sp³-hybridized carbons (Fsp3) is 0.286. The second-order valence-corrected chi connectivity index (χ2v) is 5.68. The molecule has 0 aliphatic carbocycles. The molecule has 1 heterocycles. The van der Waals surface area contributed by atoms with Gasteiger partial charge in [0, 0.05) is 22.3 Å². The minimum absolute atomic E-state index is 0.0352. The minimum atomic E-state index is -0.0352. The SMILES string of the molecule is CSc1ccc(C=CC2=NNC(=O)CC2C)c(Cl)c1. The molecule has 1 unspecified atom stereocenters. The van der Waals surface area contributed by atoms with Crippen molar-refractivity contribution in [1.82, 2.24) is 5.43 Å². The molecule has 0 bridgehead atoms. The molecule has 1 aromatic carbocycles. The van der Waals surface area contributed by atoms with E-state index >= 15 is 0 Å². The zero-order valence-corrected chi connectivity index (χ0v) is 12.4. The Morgan fingerprint density at radius 2 is 2.26 bits per heavy atom. The number of nitrogens with zero attached hydrogens (tertiary/aromatic N) is 1. The van der Waals surface area contributed by atoms with E-state index in [-0.39, 0.29) is 11.8 Å². The van der Waals surface area contributed by atoms with Crippen LogP contribution in [0, 0.1) is 5.92 Å². The lowest BCUT2D eigenvalue weighted by Gasteiger charge is -2.16. The third-order valence-corrected chi connectivity index (χ3v) is 4.00. The number of benzene rings is 1. The van der Waals surface area contributed by atoms with Gasteiger partial charge in [-0.2, -0.15) is 5.10 Å². The van der Waals surface area contributed by atoms with Crippen LogP contribution in [0.15, 0.2) is 34.3 Å². The second kappa shape index (κ2) is 6.26. The number of allylic oxidation sites excluding steroid dienone is 1. The Hall–Kier alpha value is -1.26. The molecule has 2 rings (SSSR count). The third-order valence-electron chi connectivity index (χ3n) is 2.95. The van der Waals surface area contributed by atoms with Crippen molar-refractivity contribution in [3.8, 4) is 0 Å². The Balaban J connectivity index is 2.17. The molecule has 1 aliphatic rings. The van der Waals surface area contributed by atoms with E-state index in [1.165, 1.54) is 0 Å². The highest BCUT2D eigenvalue weighted by molar-refractivity contribution is 7.98. The summed E-state index contributed by atoms with van der Waals surface area (Å²) in [7, 11) is 0. The predicted octanol–water partition coefficient (Wildman–Crippen LogP) is 3.59. The maximum Gasteiger partial charge on any atom is 0.240 e. The molecule has 3 nitrogen and oxygen atoms in total. The van der Waals surface area contributed by atoms with Gasteiger partial charge in [0.1, 0.15) is 0 Å². The quantitative estimate of drug-likeness (QED) is 0.866. The molecular weight excluding hydrogens is 280 g/mol. The molecule has 0 saturated carbocycles. The van der Waals surface area contributed by atoms with Crippen LogP contribution < -0.4 is 5.43 Å².